The molecule has 1 aromatic carbocycles. The molecule has 0 bridgehead atoms. The van der Waals surface area contributed by atoms with E-state index < -0.39 is 5.82 Å². The molecular weight excluding hydrogens is 407 g/mol. The van der Waals surface area contributed by atoms with Gasteiger partial charge in [-0.1, -0.05) is 12.1 Å². The SMILES string of the molecule is CC(=O)N(c1nc(/C=C/C(=O)Nc2ccnc3ccnn23)cs1)c1ccccc1F. The maximum absolute atomic E-state index is 14.1. The third-order valence-electron chi connectivity index (χ3n) is 4.06. The summed E-state index contributed by atoms with van der Waals surface area (Å²) in [6, 6.07) is 9.32. The number of halogens is 1. The van der Waals surface area contributed by atoms with E-state index in [1.54, 1.807) is 42.0 Å². The molecule has 0 aliphatic rings. The van der Waals surface area contributed by atoms with E-state index in [2.05, 4.69) is 20.4 Å². The van der Waals surface area contributed by atoms with Crippen LogP contribution in [0.25, 0.3) is 11.7 Å². The molecule has 0 fully saturated rings. The number of hydrogen-bond acceptors (Lipinski definition) is 6. The van der Waals surface area contributed by atoms with Gasteiger partial charge >= 0.3 is 0 Å². The van der Waals surface area contributed by atoms with Crippen LogP contribution < -0.4 is 10.2 Å². The van der Waals surface area contributed by atoms with Crippen molar-refractivity contribution in [3.05, 3.63) is 71.8 Å². The van der Waals surface area contributed by atoms with Crippen molar-refractivity contribution < 1.29 is 14.0 Å². The average Bonchev–Trinajstić information content (AvgIpc) is 3.38. The Morgan fingerprint density at radius 3 is 2.83 bits per heavy atom. The Kier molecular flexibility index (Phi) is 5.31. The van der Waals surface area contributed by atoms with Crippen LogP contribution in [0.15, 0.2) is 60.2 Å². The summed E-state index contributed by atoms with van der Waals surface area (Å²) in [5, 5.41) is 8.80. The lowest BCUT2D eigenvalue weighted by molar-refractivity contribution is -0.116. The van der Waals surface area contributed by atoms with E-state index in [1.807, 2.05) is 0 Å². The van der Waals surface area contributed by atoms with Crippen LogP contribution in [0.1, 0.15) is 12.6 Å². The van der Waals surface area contributed by atoms with Gasteiger partial charge in [0, 0.05) is 30.6 Å². The van der Waals surface area contributed by atoms with Crippen LogP contribution in [0.5, 0.6) is 0 Å². The molecule has 4 aromatic rings. The van der Waals surface area contributed by atoms with E-state index >= 15 is 0 Å². The first-order chi connectivity index (χ1) is 14.5. The summed E-state index contributed by atoms with van der Waals surface area (Å²) in [6.45, 7) is 1.33. The number of hydrogen-bond donors (Lipinski definition) is 1. The van der Waals surface area contributed by atoms with Gasteiger partial charge in [-0.3, -0.25) is 14.5 Å². The molecule has 2 amide bonds. The highest BCUT2D eigenvalue weighted by molar-refractivity contribution is 7.14. The van der Waals surface area contributed by atoms with Crippen molar-refractivity contribution >= 4 is 51.5 Å². The number of rotatable bonds is 5. The second-order valence-corrected chi connectivity index (χ2v) is 6.95. The summed E-state index contributed by atoms with van der Waals surface area (Å²) in [6.07, 6.45) is 5.98. The number of amides is 2. The van der Waals surface area contributed by atoms with Crippen molar-refractivity contribution in [2.45, 2.75) is 6.92 Å². The zero-order valence-electron chi connectivity index (χ0n) is 15.7. The van der Waals surface area contributed by atoms with Crippen LogP contribution in [0.2, 0.25) is 0 Å². The molecular formula is C20H15FN6O2S. The molecule has 0 saturated heterocycles. The zero-order valence-corrected chi connectivity index (χ0v) is 16.5. The molecule has 10 heteroatoms. The highest BCUT2D eigenvalue weighted by atomic mass is 32.1. The number of nitrogens with zero attached hydrogens (tertiary/aromatic N) is 5. The maximum Gasteiger partial charge on any atom is 0.249 e. The highest BCUT2D eigenvalue weighted by Crippen LogP contribution is 2.30. The summed E-state index contributed by atoms with van der Waals surface area (Å²) < 4.78 is 15.7. The summed E-state index contributed by atoms with van der Waals surface area (Å²) >= 11 is 1.17. The van der Waals surface area contributed by atoms with Gasteiger partial charge in [-0.15, -0.1) is 11.3 Å². The Hall–Kier alpha value is -3.92. The number of carbonyl (C=O) groups excluding carboxylic acids is 2. The quantitative estimate of drug-likeness (QED) is 0.496. The Labute approximate surface area is 174 Å². The molecule has 0 aliphatic carbocycles. The van der Waals surface area contributed by atoms with Gasteiger partial charge in [0.1, 0.15) is 11.6 Å². The molecule has 0 spiro atoms. The fourth-order valence-electron chi connectivity index (χ4n) is 2.75. The molecule has 3 aromatic heterocycles. The Bertz CT molecular complexity index is 1260. The van der Waals surface area contributed by atoms with Gasteiger partial charge in [-0.25, -0.2) is 14.4 Å². The molecule has 0 unspecified atom stereocenters. The van der Waals surface area contributed by atoms with Crippen LogP contribution in [0.4, 0.5) is 21.0 Å². The van der Waals surface area contributed by atoms with Gasteiger partial charge in [-0.05, 0) is 24.3 Å². The summed E-state index contributed by atoms with van der Waals surface area (Å²) in [4.78, 5) is 34.0. The molecule has 3 heterocycles. The molecule has 0 radical (unpaired) electrons. The number of anilines is 3. The number of thiazole rings is 1. The smallest absolute Gasteiger partial charge is 0.249 e. The standard InChI is InChI=1S/C20H15FN6O2S/c1-13(28)26(16-5-3-2-4-15(16)21)20-24-14(12-30-20)6-7-19(29)25-18-8-10-22-17-9-11-23-27(17)18/h2-12H,1H3,(H,25,29)/b7-6+. The number of benzene rings is 1. The largest absolute Gasteiger partial charge is 0.307 e. The highest BCUT2D eigenvalue weighted by Gasteiger charge is 2.20. The monoisotopic (exact) mass is 422 g/mol. The first-order valence-electron chi connectivity index (χ1n) is 8.81. The molecule has 1 N–H and O–H groups in total. The van der Waals surface area contributed by atoms with E-state index in [-0.39, 0.29) is 17.5 Å². The third-order valence-corrected chi connectivity index (χ3v) is 4.90. The predicted molar refractivity (Wildman–Crippen MR) is 112 cm³/mol. The fraction of sp³-hybridized carbons (Fsp3) is 0.0500. The normalized spacial score (nSPS) is 11.1. The Balaban J connectivity index is 1.51. The van der Waals surface area contributed by atoms with Crippen molar-refractivity contribution in [1.29, 1.82) is 0 Å². The molecule has 0 atom stereocenters. The van der Waals surface area contributed by atoms with Crippen molar-refractivity contribution in [2.75, 3.05) is 10.2 Å². The molecule has 0 aliphatic heterocycles. The fourth-order valence-corrected chi connectivity index (χ4v) is 3.60. The number of aromatic nitrogens is 4. The van der Waals surface area contributed by atoms with Gasteiger partial charge in [0.15, 0.2) is 10.8 Å². The van der Waals surface area contributed by atoms with Crippen LogP contribution in [0, 0.1) is 5.82 Å². The topological polar surface area (TPSA) is 92.5 Å². The minimum Gasteiger partial charge on any atom is -0.307 e. The maximum atomic E-state index is 14.1. The van der Waals surface area contributed by atoms with Gasteiger partial charge < -0.3 is 5.32 Å². The van der Waals surface area contributed by atoms with Crippen molar-refractivity contribution in [2.24, 2.45) is 0 Å². The van der Waals surface area contributed by atoms with E-state index in [9.17, 15) is 14.0 Å². The number of fused-ring (bicyclic) bond motifs is 1. The second-order valence-electron chi connectivity index (χ2n) is 6.11. The molecule has 0 saturated carbocycles. The Morgan fingerprint density at radius 1 is 1.20 bits per heavy atom. The first kappa shape index (κ1) is 19.4. The molecule has 8 nitrogen and oxygen atoms in total. The van der Waals surface area contributed by atoms with Crippen LogP contribution in [-0.4, -0.2) is 31.4 Å². The second kappa shape index (κ2) is 8.21. The van der Waals surface area contributed by atoms with Crippen molar-refractivity contribution in [3.63, 3.8) is 0 Å². The minimum absolute atomic E-state index is 0.119. The lowest BCUT2D eigenvalue weighted by atomic mass is 10.3. The van der Waals surface area contributed by atoms with E-state index in [4.69, 9.17) is 0 Å². The Morgan fingerprint density at radius 2 is 2.03 bits per heavy atom. The minimum atomic E-state index is -0.526. The summed E-state index contributed by atoms with van der Waals surface area (Å²) in [5.74, 6) is -0.809. The number of para-hydroxylation sites is 1. The summed E-state index contributed by atoms with van der Waals surface area (Å²) in [5.41, 5.74) is 1.19. The van der Waals surface area contributed by atoms with Crippen LogP contribution in [0.3, 0.4) is 0 Å². The van der Waals surface area contributed by atoms with E-state index in [0.717, 1.165) is 0 Å². The van der Waals surface area contributed by atoms with Crippen LogP contribution in [-0.2, 0) is 9.59 Å². The first-order valence-corrected chi connectivity index (χ1v) is 9.69. The number of carbonyl (C=O) groups is 2. The van der Waals surface area contributed by atoms with Crippen molar-refractivity contribution in [3.8, 4) is 0 Å². The average molecular weight is 422 g/mol. The van der Waals surface area contributed by atoms with E-state index in [1.165, 1.54) is 52.0 Å². The summed E-state index contributed by atoms with van der Waals surface area (Å²) in [7, 11) is 0. The third kappa shape index (κ3) is 3.94. The van der Waals surface area contributed by atoms with Gasteiger partial charge in [0.25, 0.3) is 0 Å². The lowest BCUT2D eigenvalue weighted by Crippen LogP contribution is -2.23. The predicted octanol–water partition coefficient (Wildman–Crippen LogP) is 3.66. The molecule has 150 valence electrons. The molecule has 4 rings (SSSR count). The van der Waals surface area contributed by atoms with Crippen molar-refractivity contribution in [1.82, 2.24) is 19.6 Å². The zero-order chi connectivity index (χ0) is 21.1. The molecule has 30 heavy (non-hydrogen) atoms. The van der Waals surface area contributed by atoms with Gasteiger partial charge in [-0.2, -0.15) is 9.61 Å². The van der Waals surface area contributed by atoms with Gasteiger partial charge in [0.05, 0.1) is 17.6 Å². The van der Waals surface area contributed by atoms with Gasteiger partial charge in [0.2, 0.25) is 11.8 Å². The lowest BCUT2D eigenvalue weighted by Gasteiger charge is -2.18. The van der Waals surface area contributed by atoms with E-state index in [0.29, 0.717) is 22.3 Å². The number of nitrogens with one attached hydrogen (secondary N) is 1. The van der Waals surface area contributed by atoms with Crippen LogP contribution >= 0.6 is 11.3 Å².